The van der Waals surface area contributed by atoms with Crippen molar-refractivity contribution in [1.82, 2.24) is 4.90 Å². The fraction of sp³-hybridized carbons (Fsp3) is 0.333. The van der Waals surface area contributed by atoms with Crippen LogP contribution in [0.3, 0.4) is 0 Å². The first-order valence-corrected chi connectivity index (χ1v) is 9.95. The third-order valence-electron chi connectivity index (χ3n) is 4.98. The number of thiophene rings is 1. The summed E-state index contributed by atoms with van der Waals surface area (Å²) in [6, 6.07) is 9.84. The van der Waals surface area contributed by atoms with E-state index >= 15 is 0 Å². The van der Waals surface area contributed by atoms with Crippen molar-refractivity contribution in [2.45, 2.75) is 32.6 Å². The van der Waals surface area contributed by atoms with Crippen molar-refractivity contribution in [2.24, 2.45) is 0 Å². The number of carbonyl (C=O) groups excluding carboxylic acids is 2. The molecule has 5 heteroatoms. The van der Waals surface area contributed by atoms with Gasteiger partial charge in [-0.05, 0) is 48.8 Å². The summed E-state index contributed by atoms with van der Waals surface area (Å²) >= 11 is 1.61. The number of Topliss-reactive ketones (excluding diaryl/α,β-unsaturated/α-hetero) is 1. The van der Waals surface area contributed by atoms with E-state index in [0.29, 0.717) is 19.6 Å². The number of ether oxygens (including phenoxy) is 1. The second kappa shape index (κ2) is 7.08. The molecule has 1 fully saturated rings. The van der Waals surface area contributed by atoms with Crippen LogP contribution in [0.2, 0.25) is 0 Å². The number of hydrogen-bond acceptors (Lipinski definition) is 4. The Morgan fingerprint density at radius 1 is 1.15 bits per heavy atom. The molecule has 1 aliphatic carbocycles. The van der Waals surface area contributed by atoms with Gasteiger partial charge in [0, 0.05) is 34.7 Å². The fourth-order valence-corrected chi connectivity index (χ4v) is 4.72. The number of ketones is 1. The third kappa shape index (κ3) is 2.86. The zero-order chi connectivity index (χ0) is 18.1. The third-order valence-corrected chi connectivity index (χ3v) is 5.90. The normalized spacial score (nSPS) is 19.6. The zero-order valence-electron chi connectivity index (χ0n) is 14.8. The highest BCUT2D eigenvalue weighted by atomic mass is 32.1. The lowest BCUT2D eigenvalue weighted by Crippen LogP contribution is -2.35. The summed E-state index contributed by atoms with van der Waals surface area (Å²) in [6.07, 6.45) is 2.93. The number of nitrogens with zero attached hydrogens (tertiary/aromatic N) is 1. The molecule has 26 heavy (non-hydrogen) atoms. The van der Waals surface area contributed by atoms with Crippen molar-refractivity contribution in [1.29, 1.82) is 0 Å². The van der Waals surface area contributed by atoms with Crippen LogP contribution in [0.1, 0.15) is 52.5 Å². The highest BCUT2D eigenvalue weighted by molar-refractivity contribution is 7.10. The zero-order valence-corrected chi connectivity index (χ0v) is 15.6. The molecule has 1 aliphatic heterocycles. The van der Waals surface area contributed by atoms with E-state index in [9.17, 15) is 9.59 Å². The summed E-state index contributed by atoms with van der Waals surface area (Å²) in [5.74, 6) is 0.137. The second-order valence-corrected chi connectivity index (χ2v) is 7.53. The van der Waals surface area contributed by atoms with Gasteiger partial charge >= 0.3 is 6.09 Å². The molecule has 0 radical (unpaired) electrons. The van der Waals surface area contributed by atoms with E-state index in [-0.39, 0.29) is 11.9 Å². The molecule has 4 nitrogen and oxygen atoms in total. The smallest absolute Gasteiger partial charge is 0.414 e. The van der Waals surface area contributed by atoms with E-state index in [1.807, 2.05) is 36.6 Å². The highest BCUT2D eigenvalue weighted by Crippen LogP contribution is 2.41. The van der Waals surface area contributed by atoms with Gasteiger partial charge in [0.05, 0.1) is 6.61 Å². The van der Waals surface area contributed by atoms with Crippen LogP contribution in [0.4, 0.5) is 4.79 Å². The molecule has 0 saturated carbocycles. The maximum atomic E-state index is 12.8. The number of fused-ring (bicyclic) bond motifs is 2. The van der Waals surface area contributed by atoms with E-state index in [2.05, 4.69) is 6.07 Å². The number of amides is 1. The number of benzene rings is 1. The highest BCUT2D eigenvalue weighted by Gasteiger charge is 2.31. The predicted molar refractivity (Wildman–Crippen MR) is 102 cm³/mol. The number of rotatable bonds is 1. The molecule has 0 bridgehead atoms. The maximum absolute atomic E-state index is 12.8. The number of piperidine rings is 1. The first kappa shape index (κ1) is 17.0. The van der Waals surface area contributed by atoms with Crippen molar-refractivity contribution in [3.05, 3.63) is 63.0 Å². The summed E-state index contributed by atoms with van der Waals surface area (Å²) in [4.78, 5) is 28.2. The van der Waals surface area contributed by atoms with Crippen molar-refractivity contribution in [2.75, 3.05) is 13.2 Å². The van der Waals surface area contributed by atoms with Gasteiger partial charge in [-0.1, -0.05) is 24.3 Å². The summed E-state index contributed by atoms with van der Waals surface area (Å²) in [6.45, 7) is 2.84. The molecule has 1 saturated heterocycles. The van der Waals surface area contributed by atoms with Gasteiger partial charge in [0.2, 0.25) is 0 Å². The van der Waals surface area contributed by atoms with Crippen molar-refractivity contribution in [3.8, 4) is 0 Å². The number of hydrogen-bond donors (Lipinski definition) is 0. The molecule has 1 aromatic heterocycles. The van der Waals surface area contributed by atoms with E-state index in [4.69, 9.17) is 4.74 Å². The predicted octanol–water partition coefficient (Wildman–Crippen LogP) is 4.89. The van der Waals surface area contributed by atoms with Gasteiger partial charge in [-0.3, -0.25) is 9.69 Å². The molecule has 0 atom stereocenters. The van der Waals surface area contributed by atoms with Gasteiger partial charge in [-0.25, -0.2) is 4.79 Å². The molecule has 2 aromatic rings. The van der Waals surface area contributed by atoms with E-state index in [0.717, 1.165) is 52.1 Å². The van der Waals surface area contributed by atoms with Crippen LogP contribution in [-0.2, 0) is 11.2 Å². The summed E-state index contributed by atoms with van der Waals surface area (Å²) < 4.78 is 5.30. The van der Waals surface area contributed by atoms with Gasteiger partial charge in [0.1, 0.15) is 0 Å². The van der Waals surface area contributed by atoms with Crippen molar-refractivity contribution >= 4 is 28.8 Å². The molecule has 1 amide bonds. The topological polar surface area (TPSA) is 46.6 Å². The molecule has 1 aromatic carbocycles. The molecule has 134 valence electrons. The van der Waals surface area contributed by atoms with Gasteiger partial charge in [0.15, 0.2) is 5.78 Å². The quantitative estimate of drug-likeness (QED) is 0.721. The second-order valence-electron chi connectivity index (χ2n) is 6.53. The Kier molecular flexibility index (Phi) is 4.64. The Balaban J connectivity index is 1.97. The molecular weight excluding hydrogens is 346 g/mol. The van der Waals surface area contributed by atoms with Gasteiger partial charge in [-0.15, -0.1) is 11.3 Å². The summed E-state index contributed by atoms with van der Waals surface area (Å²) in [5.41, 5.74) is 4.76. The van der Waals surface area contributed by atoms with Gasteiger partial charge in [0.25, 0.3) is 0 Å². The molecular formula is C21H21NO3S. The maximum Gasteiger partial charge on any atom is 0.414 e. The minimum absolute atomic E-state index is 0.137. The Labute approximate surface area is 157 Å². The molecule has 0 N–H and O–H groups in total. The number of carbonyl (C=O) groups is 2. The van der Waals surface area contributed by atoms with E-state index in [1.165, 1.54) is 0 Å². The Bertz CT molecular complexity index is 896. The first-order chi connectivity index (χ1) is 12.7. The summed E-state index contributed by atoms with van der Waals surface area (Å²) in [5, 5.41) is 2.03. The SMILES string of the molecule is CCOC(=O)N1CCCCC1=C1c2ccccc2C(=O)Cc2sccc21. The number of likely N-dealkylation sites (tertiary alicyclic amines) is 1. The van der Waals surface area contributed by atoms with Crippen LogP contribution < -0.4 is 0 Å². The van der Waals surface area contributed by atoms with Crippen LogP contribution in [0.15, 0.2) is 41.4 Å². The van der Waals surface area contributed by atoms with Crippen LogP contribution in [0, 0.1) is 0 Å². The average Bonchev–Trinajstić information content (AvgIpc) is 3.06. The van der Waals surface area contributed by atoms with Crippen LogP contribution in [-0.4, -0.2) is 29.9 Å². The van der Waals surface area contributed by atoms with Crippen molar-refractivity contribution in [3.63, 3.8) is 0 Å². The Hall–Kier alpha value is -2.40. The molecule has 4 rings (SSSR count). The molecule has 2 heterocycles. The van der Waals surface area contributed by atoms with Crippen LogP contribution in [0.25, 0.3) is 5.57 Å². The summed E-state index contributed by atoms with van der Waals surface area (Å²) in [7, 11) is 0. The van der Waals surface area contributed by atoms with Gasteiger partial charge < -0.3 is 4.74 Å². The Morgan fingerprint density at radius 2 is 1.96 bits per heavy atom. The standard InChI is InChI=1S/C21H21NO3S/c1-2-25-21(24)22-11-6-5-9-17(22)20-15-8-4-3-7-14(15)18(23)13-19-16(20)10-12-26-19/h3-4,7-8,10,12H,2,5-6,9,11,13H2,1H3. The Morgan fingerprint density at radius 3 is 2.77 bits per heavy atom. The fourth-order valence-electron chi connectivity index (χ4n) is 3.84. The largest absolute Gasteiger partial charge is 0.449 e. The molecule has 2 aliphatic rings. The van der Waals surface area contributed by atoms with Crippen molar-refractivity contribution < 1.29 is 14.3 Å². The van der Waals surface area contributed by atoms with Crippen LogP contribution >= 0.6 is 11.3 Å². The lowest BCUT2D eigenvalue weighted by molar-refractivity contribution is 0.0994. The lowest BCUT2D eigenvalue weighted by Gasteiger charge is -2.31. The van der Waals surface area contributed by atoms with E-state index < -0.39 is 0 Å². The first-order valence-electron chi connectivity index (χ1n) is 9.07. The molecule has 0 spiro atoms. The monoisotopic (exact) mass is 367 g/mol. The minimum Gasteiger partial charge on any atom is -0.449 e. The lowest BCUT2D eigenvalue weighted by atomic mass is 9.90. The van der Waals surface area contributed by atoms with E-state index in [1.54, 1.807) is 16.2 Å². The van der Waals surface area contributed by atoms with Crippen LogP contribution in [0.5, 0.6) is 0 Å². The molecule has 0 unspecified atom stereocenters. The number of allylic oxidation sites excluding steroid dienone is 1. The minimum atomic E-state index is -0.292. The average molecular weight is 367 g/mol. The van der Waals surface area contributed by atoms with Gasteiger partial charge in [-0.2, -0.15) is 0 Å².